The predicted octanol–water partition coefficient (Wildman–Crippen LogP) is 5.86. The Bertz CT molecular complexity index is 1430. The van der Waals surface area contributed by atoms with Gasteiger partial charge in [0.15, 0.2) is 17.3 Å². The van der Waals surface area contributed by atoms with E-state index in [0.717, 1.165) is 22.8 Å². The summed E-state index contributed by atoms with van der Waals surface area (Å²) in [7, 11) is 0. The van der Waals surface area contributed by atoms with E-state index >= 15 is 0 Å². The molecule has 0 spiro atoms. The standard InChI is InChI=1S/C29H25N3O3/c1-29(2)15-22-27(23(33)16-29)26(19-10-11-24-25(14-19)35-18-34-24)21(17-30)28(31-12-6-7-13-31)32(22)20-8-4-3-5-9-20/h3-14,26H,15-16,18H2,1-2H3/t26-/m0/s1. The molecule has 0 unspecified atom stereocenters. The van der Waals surface area contributed by atoms with Gasteiger partial charge in [0.05, 0.1) is 17.6 Å². The minimum atomic E-state index is -0.495. The van der Waals surface area contributed by atoms with Gasteiger partial charge in [0, 0.05) is 35.8 Å². The number of carbonyl (C=O) groups excluding carboxylic acids is 1. The fourth-order valence-electron chi connectivity index (χ4n) is 5.48. The van der Waals surface area contributed by atoms with Crippen LogP contribution in [0.5, 0.6) is 11.5 Å². The number of hydrogen-bond donors (Lipinski definition) is 0. The first-order valence-electron chi connectivity index (χ1n) is 11.8. The van der Waals surface area contributed by atoms with Crippen LogP contribution >= 0.6 is 0 Å². The molecule has 3 aliphatic rings. The van der Waals surface area contributed by atoms with E-state index in [2.05, 4.69) is 24.8 Å². The van der Waals surface area contributed by atoms with E-state index in [1.165, 1.54) is 0 Å². The zero-order valence-electron chi connectivity index (χ0n) is 19.7. The summed E-state index contributed by atoms with van der Waals surface area (Å²) in [6.45, 7) is 4.43. The van der Waals surface area contributed by atoms with Crippen molar-refractivity contribution < 1.29 is 14.3 Å². The van der Waals surface area contributed by atoms with Crippen LogP contribution < -0.4 is 14.4 Å². The summed E-state index contributed by atoms with van der Waals surface area (Å²) in [6, 6.07) is 22.1. The van der Waals surface area contributed by atoms with Crippen LogP contribution in [0.2, 0.25) is 0 Å². The second kappa shape index (κ2) is 7.92. The third-order valence-corrected chi connectivity index (χ3v) is 6.91. The number of allylic oxidation sites excluding steroid dienone is 3. The van der Waals surface area contributed by atoms with Crippen molar-refractivity contribution in [1.82, 2.24) is 4.57 Å². The average Bonchev–Trinajstić information content (AvgIpc) is 3.54. The first-order valence-corrected chi connectivity index (χ1v) is 11.8. The summed E-state index contributed by atoms with van der Waals surface area (Å²) in [5, 5.41) is 10.6. The number of aromatic nitrogens is 1. The molecule has 0 bridgehead atoms. The molecule has 0 radical (unpaired) electrons. The number of carbonyl (C=O) groups is 1. The van der Waals surface area contributed by atoms with E-state index in [-0.39, 0.29) is 18.0 Å². The van der Waals surface area contributed by atoms with Crippen molar-refractivity contribution in [3.05, 3.63) is 95.5 Å². The molecule has 0 N–H and O–H groups in total. The molecule has 1 atom stereocenters. The Hall–Kier alpha value is -4.24. The highest BCUT2D eigenvalue weighted by atomic mass is 16.7. The van der Waals surface area contributed by atoms with Gasteiger partial charge in [-0.2, -0.15) is 5.26 Å². The lowest BCUT2D eigenvalue weighted by atomic mass is 9.68. The van der Waals surface area contributed by atoms with Crippen molar-refractivity contribution in [2.45, 2.75) is 32.6 Å². The molecule has 0 amide bonds. The number of hydrogen-bond acceptors (Lipinski definition) is 5. The number of anilines is 1. The van der Waals surface area contributed by atoms with E-state index in [4.69, 9.17) is 9.47 Å². The van der Waals surface area contributed by atoms with Crippen LogP contribution in [-0.4, -0.2) is 17.1 Å². The van der Waals surface area contributed by atoms with Crippen molar-refractivity contribution in [2.24, 2.45) is 5.41 Å². The summed E-state index contributed by atoms with van der Waals surface area (Å²) < 4.78 is 13.1. The second-order valence-corrected chi connectivity index (χ2v) is 9.96. The molecule has 1 aliphatic carbocycles. The maximum atomic E-state index is 13.8. The number of nitrogens with zero attached hydrogens (tertiary/aromatic N) is 3. The van der Waals surface area contributed by atoms with Gasteiger partial charge in [-0.25, -0.2) is 0 Å². The molecule has 3 aromatic rings. The molecule has 2 aromatic carbocycles. The molecular formula is C29H25N3O3. The molecule has 1 aromatic heterocycles. The fraction of sp³-hybridized carbons (Fsp3) is 0.241. The van der Waals surface area contributed by atoms with Gasteiger partial charge < -0.3 is 14.0 Å². The van der Waals surface area contributed by atoms with Crippen molar-refractivity contribution in [3.8, 4) is 17.6 Å². The van der Waals surface area contributed by atoms with Crippen molar-refractivity contribution in [2.75, 3.05) is 11.7 Å². The third kappa shape index (κ3) is 3.43. The number of rotatable bonds is 3. The van der Waals surface area contributed by atoms with Crippen LogP contribution in [0.3, 0.4) is 0 Å². The van der Waals surface area contributed by atoms with Crippen LogP contribution in [-0.2, 0) is 4.79 Å². The zero-order valence-corrected chi connectivity index (χ0v) is 19.7. The lowest BCUT2D eigenvalue weighted by Gasteiger charge is -2.45. The Labute approximate surface area is 204 Å². The molecule has 0 fully saturated rings. The van der Waals surface area contributed by atoms with Gasteiger partial charge in [-0.15, -0.1) is 0 Å². The summed E-state index contributed by atoms with van der Waals surface area (Å²) in [5.41, 5.74) is 3.74. The van der Waals surface area contributed by atoms with Gasteiger partial charge in [0.25, 0.3) is 0 Å². The van der Waals surface area contributed by atoms with Crippen LogP contribution in [0, 0.1) is 16.7 Å². The molecule has 3 heterocycles. The Kier molecular flexibility index (Phi) is 4.82. The van der Waals surface area contributed by atoms with Gasteiger partial charge >= 0.3 is 0 Å². The normalized spacial score (nSPS) is 20.7. The fourth-order valence-corrected chi connectivity index (χ4v) is 5.48. The van der Waals surface area contributed by atoms with Crippen molar-refractivity contribution in [3.63, 3.8) is 0 Å². The number of benzene rings is 2. The lowest BCUT2D eigenvalue weighted by Crippen LogP contribution is -2.40. The van der Waals surface area contributed by atoms with Crippen LogP contribution in [0.1, 0.15) is 38.2 Å². The first kappa shape index (κ1) is 21.3. The number of fused-ring (bicyclic) bond motifs is 1. The number of ether oxygens (including phenoxy) is 2. The van der Waals surface area contributed by atoms with E-state index in [0.29, 0.717) is 35.5 Å². The Morgan fingerprint density at radius 3 is 2.46 bits per heavy atom. The maximum Gasteiger partial charge on any atom is 0.231 e. The van der Waals surface area contributed by atoms with E-state index in [9.17, 15) is 10.1 Å². The third-order valence-electron chi connectivity index (χ3n) is 6.91. The summed E-state index contributed by atoms with van der Waals surface area (Å²) in [4.78, 5) is 15.9. The molecule has 0 saturated carbocycles. The van der Waals surface area contributed by atoms with Crippen molar-refractivity contribution >= 4 is 17.3 Å². The van der Waals surface area contributed by atoms with Gasteiger partial charge in [0.1, 0.15) is 5.82 Å². The largest absolute Gasteiger partial charge is 0.454 e. The van der Waals surface area contributed by atoms with E-state index < -0.39 is 5.92 Å². The quantitative estimate of drug-likeness (QED) is 0.487. The predicted molar refractivity (Wildman–Crippen MR) is 133 cm³/mol. The molecule has 0 saturated heterocycles. The summed E-state index contributed by atoms with van der Waals surface area (Å²) >= 11 is 0. The van der Waals surface area contributed by atoms with E-state index in [1.807, 2.05) is 77.6 Å². The number of ketones is 1. The molecule has 174 valence electrons. The van der Waals surface area contributed by atoms with Gasteiger partial charge in [-0.3, -0.25) is 9.69 Å². The Balaban J connectivity index is 1.67. The minimum absolute atomic E-state index is 0.0826. The molecule has 35 heavy (non-hydrogen) atoms. The SMILES string of the molecule is CC1(C)CC(=O)C2=C(C1)N(c1ccccc1)C(n1cccc1)=C(C#N)[C@@H]2c1ccc2c(c1)OCO2. The second-order valence-electron chi connectivity index (χ2n) is 9.96. The van der Waals surface area contributed by atoms with Gasteiger partial charge in [-0.1, -0.05) is 38.1 Å². The maximum absolute atomic E-state index is 13.8. The molecule has 2 aliphatic heterocycles. The zero-order chi connectivity index (χ0) is 24.2. The highest BCUT2D eigenvalue weighted by molar-refractivity contribution is 6.03. The molecule has 6 nitrogen and oxygen atoms in total. The molecule has 6 heteroatoms. The molecule has 6 rings (SSSR count). The van der Waals surface area contributed by atoms with Gasteiger partial charge in [0.2, 0.25) is 6.79 Å². The Morgan fingerprint density at radius 1 is 0.971 bits per heavy atom. The molecular weight excluding hydrogens is 438 g/mol. The topological polar surface area (TPSA) is 67.5 Å². The Morgan fingerprint density at radius 2 is 1.71 bits per heavy atom. The lowest BCUT2D eigenvalue weighted by molar-refractivity contribution is -0.118. The van der Waals surface area contributed by atoms with Crippen LogP contribution in [0.15, 0.2) is 89.9 Å². The van der Waals surface area contributed by atoms with Crippen molar-refractivity contribution in [1.29, 1.82) is 5.26 Å². The number of nitriles is 1. The van der Waals surface area contributed by atoms with Gasteiger partial charge in [-0.05, 0) is 53.8 Å². The first-order chi connectivity index (χ1) is 17.0. The minimum Gasteiger partial charge on any atom is -0.454 e. The average molecular weight is 464 g/mol. The summed E-state index contributed by atoms with van der Waals surface area (Å²) in [5.74, 6) is 1.65. The highest BCUT2D eigenvalue weighted by Crippen LogP contribution is 2.52. The van der Waals surface area contributed by atoms with Crippen LogP contribution in [0.4, 0.5) is 5.69 Å². The number of para-hydroxylation sites is 1. The smallest absolute Gasteiger partial charge is 0.231 e. The van der Waals surface area contributed by atoms with E-state index in [1.54, 1.807) is 0 Å². The monoisotopic (exact) mass is 463 g/mol. The highest BCUT2D eigenvalue weighted by Gasteiger charge is 2.45. The number of Topliss-reactive ketones (excluding diaryl/α,β-unsaturated/α-hetero) is 1. The summed E-state index contributed by atoms with van der Waals surface area (Å²) in [6.07, 6.45) is 5.04. The van der Waals surface area contributed by atoms with Crippen LogP contribution in [0.25, 0.3) is 5.82 Å².